The highest BCUT2D eigenvalue weighted by atomic mass is 16.5. The first-order chi connectivity index (χ1) is 15.0. The fourth-order valence-corrected chi connectivity index (χ4v) is 4.44. The highest BCUT2D eigenvalue weighted by Gasteiger charge is 2.31. The quantitative estimate of drug-likeness (QED) is 0.433. The van der Waals surface area contributed by atoms with Gasteiger partial charge < -0.3 is 19.9 Å². The SMILES string of the molecule is Cc1cccc2c(CCN3CC(C)(C)Oc4cc(Nc5ccncc5)ccc43)c[nH]c12. The minimum Gasteiger partial charge on any atom is -0.484 e. The van der Waals surface area contributed by atoms with Gasteiger partial charge in [0.25, 0.3) is 0 Å². The number of anilines is 3. The van der Waals surface area contributed by atoms with Crippen LogP contribution < -0.4 is 15.0 Å². The number of nitrogens with one attached hydrogen (secondary N) is 2. The molecule has 0 unspecified atom stereocenters. The van der Waals surface area contributed by atoms with Gasteiger partial charge in [0.15, 0.2) is 0 Å². The van der Waals surface area contributed by atoms with E-state index >= 15 is 0 Å². The summed E-state index contributed by atoms with van der Waals surface area (Å²) in [5.74, 6) is 0.921. The van der Waals surface area contributed by atoms with Crippen molar-refractivity contribution < 1.29 is 4.74 Å². The number of nitrogens with zero attached hydrogens (tertiary/aromatic N) is 2. The number of H-pyrrole nitrogens is 1. The van der Waals surface area contributed by atoms with E-state index in [2.05, 4.69) is 83.6 Å². The number of hydrogen-bond donors (Lipinski definition) is 2. The van der Waals surface area contributed by atoms with Crippen LogP contribution >= 0.6 is 0 Å². The van der Waals surface area contributed by atoms with Gasteiger partial charge in [-0.15, -0.1) is 0 Å². The largest absolute Gasteiger partial charge is 0.484 e. The fourth-order valence-electron chi connectivity index (χ4n) is 4.44. The normalized spacial score (nSPS) is 14.9. The van der Waals surface area contributed by atoms with Crippen LogP contribution in [0.4, 0.5) is 17.1 Å². The molecule has 31 heavy (non-hydrogen) atoms. The van der Waals surface area contributed by atoms with E-state index in [1.165, 1.54) is 22.0 Å². The van der Waals surface area contributed by atoms with Crippen LogP contribution in [0.2, 0.25) is 0 Å². The van der Waals surface area contributed by atoms with Gasteiger partial charge in [0.1, 0.15) is 11.4 Å². The lowest BCUT2D eigenvalue weighted by Gasteiger charge is -2.41. The molecule has 2 aromatic heterocycles. The molecule has 5 heteroatoms. The second kappa shape index (κ2) is 7.65. The van der Waals surface area contributed by atoms with E-state index in [0.29, 0.717) is 0 Å². The Labute approximate surface area is 183 Å². The van der Waals surface area contributed by atoms with Crippen LogP contribution in [0, 0.1) is 6.92 Å². The van der Waals surface area contributed by atoms with Crippen LogP contribution in [0.15, 0.2) is 67.1 Å². The first-order valence-corrected chi connectivity index (χ1v) is 10.8. The number of rotatable bonds is 5. The van der Waals surface area contributed by atoms with E-state index in [4.69, 9.17) is 4.74 Å². The molecule has 5 nitrogen and oxygen atoms in total. The molecule has 0 radical (unpaired) electrons. The van der Waals surface area contributed by atoms with Crippen molar-refractivity contribution in [3.8, 4) is 5.75 Å². The maximum atomic E-state index is 6.35. The van der Waals surface area contributed by atoms with E-state index in [1.54, 1.807) is 12.4 Å². The molecule has 0 aliphatic carbocycles. The van der Waals surface area contributed by atoms with Crippen molar-refractivity contribution in [1.82, 2.24) is 9.97 Å². The Bertz CT molecular complexity index is 1210. The number of ether oxygens (including phenoxy) is 1. The Kier molecular flexibility index (Phi) is 4.81. The van der Waals surface area contributed by atoms with E-state index < -0.39 is 0 Å². The van der Waals surface area contributed by atoms with Gasteiger partial charge in [-0.3, -0.25) is 4.98 Å². The summed E-state index contributed by atoms with van der Waals surface area (Å²) in [6, 6.07) is 16.8. The van der Waals surface area contributed by atoms with E-state index in [-0.39, 0.29) is 5.60 Å². The standard InChI is InChI=1S/C26H28N4O/c1-18-5-4-6-22-19(16-28-25(18)22)11-14-30-17-26(2,3)31-24-15-21(7-8-23(24)30)29-20-9-12-27-13-10-20/h4-10,12-13,15-16,28H,11,14,17H2,1-3H3,(H,27,29). The number of aryl methyl sites for hydroxylation is 1. The van der Waals surface area contributed by atoms with Crippen molar-refractivity contribution in [2.45, 2.75) is 32.8 Å². The van der Waals surface area contributed by atoms with Gasteiger partial charge in [-0.1, -0.05) is 18.2 Å². The molecule has 0 amide bonds. The Morgan fingerprint density at radius 1 is 1.10 bits per heavy atom. The predicted octanol–water partition coefficient (Wildman–Crippen LogP) is 5.84. The van der Waals surface area contributed by atoms with Gasteiger partial charge in [0, 0.05) is 53.5 Å². The fraction of sp³-hybridized carbons (Fsp3) is 0.269. The zero-order valence-electron chi connectivity index (χ0n) is 18.3. The number of benzene rings is 2. The Balaban J connectivity index is 1.39. The summed E-state index contributed by atoms with van der Waals surface area (Å²) in [6.45, 7) is 8.26. The molecule has 0 bridgehead atoms. The first-order valence-electron chi connectivity index (χ1n) is 10.8. The van der Waals surface area contributed by atoms with Crippen LogP contribution in [0.3, 0.4) is 0 Å². The number of fused-ring (bicyclic) bond motifs is 2. The van der Waals surface area contributed by atoms with Gasteiger partial charge in [0.05, 0.1) is 12.2 Å². The minimum absolute atomic E-state index is 0.251. The van der Waals surface area contributed by atoms with Gasteiger partial charge in [-0.2, -0.15) is 0 Å². The third-order valence-electron chi connectivity index (χ3n) is 5.89. The molecule has 5 rings (SSSR count). The summed E-state index contributed by atoms with van der Waals surface area (Å²) in [4.78, 5) is 9.98. The van der Waals surface area contributed by atoms with Crippen molar-refractivity contribution in [2.24, 2.45) is 0 Å². The average Bonchev–Trinajstić information content (AvgIpc) is 3.16. The minimum atomic E-state index is -0.251. The summed E-state index contributed by atoms with van der Waals surface area (Å²) in [5.41, 5.74) is 6.81. The third-order valence-corrected chi connectivity index (χ3v) is 5.89. The van der Waals surface area contributed by atoms with Crippen molar-refractivity contribution >= 4 is 28.0 Å². The molecule has 0 saturated carbocycles. The average molecular weight is 413 g/mol. The van der Waals surface area contributed by atoms with Gasteiger partial charge in [0.2, 0.25) is 0 Å². The lowest BCUT2D eigenvalue weighted by Crippen LogP contribution is -2.47. The topological polar surface area (TPSA) is 53.2 Å². The lowest BCUT2D eigenvalue weighted by atomic mass is 10.0. The molecule has 0 atom stereocenters. The van der Waals surface area contributed by atoms with Crippen LogP contribution in [-0.2, 0) is 6.42 Å². The summed E-state index contributed by atoms with van der Waals surface area (Å²) < 4.78 is 6.35. The van der Waals surface area contributed by atoms with Gasteiger partial charge >= 0.3 is 0 Å². The molecule has 1 aliphatic rings. The lowest BCUT2D eigenvalue weighted by molar-refractivity contribution is 0.105. The molecule has 3 heterocycles. The highest BCUT2D eigenvalue weighted by molar-refractivity contribution is 5.86. The molecule has 2 aromatic carbocycles. The van der Waals surface area contributed by atoms with Crippen LogP contribution in [0.1, 0.15) is 25.0 Å². The molecule has 0 saturated heterocycles. The monoisotopic (exact) mass is 412 g/mol. The summed E-state index contributed by atoms with van der Waals surface area (Å²) in [7, 11) is 0. The second-order valence-electron chi connectivity index (χ2n) is 8.89. The molecule has 2 N–H and O–H groups in total. The van der Waals surface area contributed by atoms with Crippen LogP contribution in [-0.4, -0.2) is 28.7 Å². The molecule has 1 aliphatic heterocycles. The van der Waals surface area contributed by atoms with E-state index in [0.717, 1.165) is 42.3 Å². The molecule has 4 aromatic rings. The van der Waals surface area contributed by atoms with Crippen LogP contribution in [0.25, 0.3) is 10.9 Å². The molecular formula is C26H28N4O. The maximum Gasteiger partial charge on any atom is 0.145 e. The number of pyridine rings is 1. The summed E-state index contributed by atoms with van der Waals surface area (Å²) in [6.07, 6.45) is 6.71. The zero-order valence-corrected chi connectivity index (χ0v) is 18.3. The molecule has 158 valence electrons. The summed E-state index contributed by atoms with van der Waals surface area (Å²) >= 11 is 0. The van der Waals surface area contributed by atoms with Crippen molar-refractivity contribution in [2.75, 3.05) is 23.3 Å². The number of hydrogen-bond acceptors (Lipinski definition) is 4. The Morgan fingerprint density at radius 2 is 1.94 bits per heavy atom. The van der Waals surface area contributed by atoms with E-state index in [1.807, 2.05) is 12.1 Å². The Morgan fingerprint density at radius 3 is 2.77 bits per heavy atom. The predicted molar refractivity (Wildman–Crippen MR) is 128 cm³/mol. The smallest absolute Gasteiger partial charge is 0.145 e. The first kappa shape index (κ1) is 19.5. The second-order valence-corrected chi connectivity index (χ2v) is 8.89. The zero-order chi connectivity index (χ0) is 21.4. The number of aromatic amines is 1. The summed E-state index contributed by atoms with van der Waals surface area (Å²) in [5, 5.41) is 4.76. The number of para-hydroxylation sites is 1. The molecule has 0 spiro atoms. The number of aromatic nitrogens is 2. The maximum absolute atomic E-state index is 6.35. The third kappa shape index (κ3) is 3.96. The van der Waals surface area contributed by atoms with Gasteiger partial charge in [-0.25, -0.2) is 0 Å². The van der Waals surface area contributed by atoms with Crippen molar-refractivity contribution in [3.63, 3.8) is 0 Å². The van der Waals surface area contributed by atoms with Crippen molar-refractivity contribution in [3.05, 3.63) is 78.2 Å². The Hall–Kier alpha value is -3.47. The molecular weight excluding hydrogens is 384 g/mol. The highest BCUT2D eigenvalue weighted by Crippen LogP contribution is 2.39. The van der Waals surface area contributed by atoms with Gasteiger partial charge in [-0.05, 0) is 62.6 Å². The molecule has 0 fully saturated rings. The van der Waals surface area contributed by atoms with Crippen LogP contribution in [0.5, 0.6) is 5.75 Å². The van der Waals surface area contributed by atoms with Crippen molar-refractivity contribution in [1.29, 1.82) is 0 Å². The van der Waals surface area contributed by atoms with E-state index in [9.17, 15) is 0 Å².